The van der Waals surface area contributed by atoms with E-state index in [2.05, 4.69) is 36.1 Å². The first-order valence-electron chi connectivity index (χ1n) is 7.27. The number of benzene rings is 1. The number of aliphatic hydroxyl groups excluding tert-OH is 1. The number of aliphatic hydroxyl groups is 1. The zero-order chi connectivity index (χ0) is 13.3. The van der Waals surface area contributed by atoms with E-state index in [1.54, 1.807) is 0 Å². The van der Waals surface area contributed by atoms with Gasteiger partial charge in [0, 0.05) is 30.3 Å². The molecular weight excluding hydrogens is 238 g/mol. The van der Waals surface area contributed by atoms with Crippen molar-refractivity contribution in [1.29, 1.82) is 0 Å². The maximum atomic E-state index is 9.77. The predicted molar refractivity (Wildman–Crippen MR) is 76.5 cm³/mol. The van der Waals surface area contributed by atoms with Gasteiger partial charge in [0.25, 0.3) is 0 Å². The van der Waals surface area contributed by atoms with Gasteiger partial charge in [0.2, 0.25) is 0 Å². The van der Waals surface area contributed by atoms with Crippen LogP contribution in [0.15, 0.2) is 24.3 Å². The quantitative estimate of drug-likeness (QED) is 0.905. The molecule has 1 N–H and O–H groups in total. The molecule has 19 heavy (non-hydrogen) atoms. The molecule has 2 aliphatic heterocycles. The molecule has 104 valence electrons. The first kappa shape index (κ1) is 12.9. The molecule has 0 amide bonds. The predicted octanol–water partition coefficient (Wildman–Crippen LogP) is 2.23. The Balaban J connectivity index is 1.87. The van der Waals surface area contributed by atoms with E-state index in [9.17, 15) is 5.11 Å². The summed E-state index contributed by atoms with van der Waals surface area (Å²) in [5, 5.41) is 9.77. The second-order valence-electron chi connectivity index (χ2n) is 6.11. The van der Waals surface area contributed by atoms with Crippen LogP contribution in [0.25, 0.3) is 0 Å². The lowest BCUT2D eigenvalue weighted by Gasteiger charge is -2.42. The molecular formula is C16H23NO2. The summed E-state index contributed by atoms with van der Waals surface area (Å²) in [4.78, 5) is 2.48. The van der Waals surface area contributed by atoms with Gasteiger partial charge in [0.1, 0.15) is 0 Å². The molecule has 0 saturated carbocycles. The summed E-state index contributed by atoms with van der Waals surface area (Å²) >= 11 is 0. The monoisotopic (exact) mass is 261 g/mol. The van der Waals surface area contributed by atoms with Gasteiger partial charge in [-0.3, -0.25) is 0 Å². The minimum atomic E-state index is -0.0707. The van der Waals surface area contributed by atoms with Gasteiger partial charge in [-0.2, -0.15) is 0 Å². The number of hydrogen-bond donors (Lipinski definition) is 1. The summed E-state index contributed by atoms with van der Waals surface area (Å²) in [5.41, 5.74) is 2.71. The minimum Gasteiger partial charge on any atom is -0.396 e. The molecule has 0 aromatic heterocycles. The van der Waals surface area contributed by atoms with Crippen LogP contribution in [-0.2, 0) is 11.2 Å². The molecule has 2 unspecified atom stereocenters. The number of nitrogens with zero attached hydrogens (tertiary/aromatic N) is 1. The highest BCUT2D eigenvalue weighted by molar-refractivity contribution is 5.56. The molecule has 0 bridgehead atoms. The van der Waals surface area contributed by atoms with Gasteiger partial charge in [-0.1, -0.05) is 18.2 Å². The molecule has 1 aromatic carbocycles. The van der Waals surface area contributed by atoms with Crippen molar-refractivity contribution in [2.24, 2.45) is 5.41 Å². The topological polar surface area (TPSA) is 32.7 Å². The van der Waals surface area contributed by atoms with Gasteiger partial charge in [-0.05, 0) is 37.8 Å². The van der Waals surface area contributed by atoms with E-state index >= 15 is 0 Å². The largest absolute Gasteiger partial charge is 0.396 e. The van der Waals surface area contributed by atoms with E-state index in [1.807, 2.05) is 0 Å². The van der Waals surface area contributed by atoms with E-state index in [-0.39, 0.29) is 12.0 Å². The molecule has 2 aliphatic rings. The molecule has 0 spiro atoms. The lowest BCUT2D eigenvalue weighted by atomic mass is 9.85. The Bertz CT molecular complexity index is 440. The minimum absolute atomic E-state index is 0.0707. The van der Waals surface area contributed by atoms with Crippen LogP contribution in [0.3, 0.4) is 0 Å². The summed E-state index contributed by atoms with van der Waals surface area (Å²) in [6.07, 6.45) is 3.32. The van der Waals surface area contributed by atoms with E-state index in [0.29, 0.717) is 12.6 Å². The van der Waals surface area contributed by atoms with Gasteiger partial charge < -0.3 is 14.7 Å². The fraction of sp³-hybridized carbons (Fsp3) is 0.625. The fourth-order valence-corrected chi connectivity index (χ4v) is 3.31. The van der Waals surface area contributed by atoms with Crippen molar-refractivity contribution in [3.63, 3.8) is 0 Å². The van der Waals surface area contributed by atoms with Crippen LogP contribution in [0.5, 0.6) is 0 Å². The van der Waals surface area contributed by atoms with Crippen LogP contribution in [0.4, 0.5) is 5.69 Å². The van der Waals surface area contributed by atoms with Crippen LogP contribution in [0.1, 0.15) is 25.3 Å². The van der Waals surface area contributed by atoms with Gasteiger partial charge in [-0.25, -0.2) is 0 Å². The second-order valence-corrected chi connectivity index (χ2v) is 6.11. The lowest BCUT2D eigenvalue weighted by molar-refractivity contribution is 0.0960. The third kappa shape index (κ3) is 2.37. The standard InChI is InChI=1S/C16H23NO2/c1-13-6-7-14-4-2-3-5-15(14)17(13)10-16(11-18)8-9-19-12-16/h2-5,13,18H,6-12H2,1H3. The van der Waals surface area contributed by atoms with E-state index in [1.165, 1.54) is 17.7 Å². The van der Waals surface area contributed by atoms with Crippen molar-refractivity contribution in [3.8, 4) is 0 Å². The zero-order valence-corrected chi connectivity index (χ0v) is 11.6. The number of aryl methyl sites for hydroxylation is 1. The maximum absolute atomic E-state index is 9.77. The molecule has 3 rings (SSSR count). The highest BCUT2D eigenvalue weighted by Crippen LogP contribution is 2.36. The van der Waals surface area contributed by atoms with Crippen molar-refractivity contribution < 1.29 is 9.84 Å². The number of fused-ring (bicyclic) bond motifs is 1. The smallest absolute Gasteiger partial charge is 0.0562 e. The Kier molecular flexibility index (Phi) is 3.50. The molecule has 2 heterocycles. The first-order chi connectivity index (χ1) is 9.24. The number of ether oxygens (including phenoxy) is 1. The number of rotatable bonds is 3. The SMILES string of the molecule is CC1CCc2ccccc2N1CC1(CO)CCOC1. The number of hydrogen-bond acceptors (Lipinski definition) is 3. The van der Waals surface area contributed by atoms with Crippen molar-refractivity contribution in [2.75, 3.05) is 31.3 Å². The van der Waals surface area contributed by atoms with Gasteiger partial charge >= 0.3 is 0 Å². The third-order valence-corrected chi connectivity index (χ3v) is 4.69. The summed E-state index contributed by atoms with van der Waals surface area (Å²) in [7, 11) is 0. The summed E-state index contributed by atoms with van der Waals surface area (Å²) in [6.45, 7) is 4.89. The summed E-state index contributed by atoms with van der Waals surface area (Å²) in [6, 6.07) is 9.21. The van der Waals surface area contributed by atoms with E-state index in [0.717, 1.165) is 26.0 Å². The molecule has 1 fully saturated rings. The Labute approximate surface area is 115 Å². The van der Waals surface area contributed by atoms with Crippen LogP contribution >= 0.6 is 0 Å². The van der Waals surface area contributed by atoms with Crippen molar-refractivity contribution in [2.45, 2.75) is 32.2 Å². The average Bonchev–Trinajstić information content (AvgIpc) is 2.91. The van der Waals surface area contributed by atoms with Crippen LogP contribution < -0.4 is 4.90 Å². The molecule has 0 radical (unpaired) electrons. The van der Waals surface area contributed by atoms with E-state index < -0.39 is 0 Å². The summed E-state index contributed by atoms with van der Waals surface area (Å²) in [5.74, 6) is 0. The molecule has 1 saturated heterocycles. The normalized spacial score (nSPS) is 30.4. The third-order valence-electron chi connectivity index (χ3n) is 4.69. The number of para-hydroxylation sites is 1. The van der Waals surface area contributed by atoms with Gasteiger partial charge in [0.15, 0.2) is 0 Å². The highest BCUT2D eigenvalue weighted by atomic mass is 16.5. The Hall–Kier alpha value is -1.06. The van der Waals surface area contributed by atoms with Crippen molar-refractivity contribution >= 4 is 5.69 Å². The summed E-state index contributed by atoms with van der Waals surface area (Å²) < 4.78 is 5.53. The van der Waals surface area contributed by atoms with Crippen LogP contribution in [0.2, 0.25) is 0 Å². The zero-order valence-electron chi connectivity index (χ0n) is 11.6. The van der Waals surface area contributed by atoms with Gasteiger partial charge in [-0.15, -0.1) is 0 Å². The molecule has 3 heteroatoms. The fourth-order valence-electron chi connectivity index (χ4n) is 3.31. The lowest BCUT2D eigenvalue weighted by Crippen LogP contribution is -2.47. The van der Waals surface area contributed by atoms with Crippen LogP contribution in [0, 0.1) is 5.41 Å². The molecule has 2 atom stereocenters. The first-order valence-corrected chi connectivity index (χ1v) is 7.27. The van der Waals surface area contributed by atoms with Crippen molar-refractivity contribution in [3.05, 3.63) is 29.8 Å². The van der Waals surface area contributed by atoms with Gasteiger partial charge in [0.05, 0.1) is 13.2 Å². The molecule has 3 nitrogen and oxygen atoms in total. The van der Waals surface area contributed by atoms with Crippen molar-refractivity contribution in [1.82, 2.24) is 0 Å². The Morgan fingerprint density at radius 1 is 1.42 bits per heavy atom. The Morgan fingerprint density at radius 2 is 2.26 bits per heavy atom. The second kappa shape index (κ2) is 5.14. The van der Waals surface area contributed by atoms with E-state index in [4.69, 9.17) is 4.74 Å². The highest BCUT2D eigenvalue weighted by Gasteiger charge is 2.38. The molecule has 1 aromatic rings. The van der Waals surface area contributed by atoms with Crippen LogP contribution in [-0.4, -0.2) is 37.5 Å². The molecule has 0 aliphatic carbocycles. The average molecular weight is 261 g/mol. The Morgan fingerprint density at radius 3 is 3.00 bits per heavy atom. The number of anilines is 1. The maximum Gasteiger partial charge on any atom is 0.0562 e.